The normalized spacial score (nSPS) is 19.9. The molecule has 0 spiro atoms. The Morgan fingerprint density at radius 1 is 1.65 bits per heavy atom. The third-order valence-electron chi connectivity index (χ3n) is 2.85. The molecule has 1 aromatic heterocycles. The molecule has 1 fully saturated rings. The lowest BCUT2D eigenvalue weighted by Gasteiger charge is -2.22. The first-order chi connectivity index (χ1) is 8.27. The minimum absolute atomic E-state index is 0.0927. The van der Waals surface area contributed by atoms with E-state index in [1.165, 1.54) is 18.5 Å². The van der Waals surface area contributed by atoms with Gasteiger partial charge in [0.1, 0.15) is 5.75 Å². The van der Waals surface area contributed by atoms with Crippen molar-refractivity contribution in [2.75, 3.05) is 19.8 Å². The van der Waals surface area contributed by atoms with E-state index >= 15 is 0 Å². The number of aromatic nitrogens is 1. The van der Waals surface area contributed by atoms with Crippen LogP contribution >= 0.6 is 0 Å². The van der Waals surface area contributed by atoms with E-state index < -0.39 is 0 Å². The minimum Gasteiger partial charge on any atom is -0.505 e. The molecule has 92 valence electrons. The van der Waals surface area contributed by atoms with Crippen molar-refractivity contribution in [3.05, 3.63) is 24.0 Å². The lowest BCUT2D eigenvalue weighted by molar-refractivity contribution is 0.0536. The molecule has 0 bridgehead atoms. The zero-order chi connectivity index (χ0) is 12.1. The standard InChI is InChI=1S/C12H16N2O3/c15-11-7-13-4-3-10(11)12(16)14-6-9-2-1-5-17-8-9/h3-4,7,9,15H,1-2,5-6,8H2,(H,14,16). The number of amides is 1. The number of nitrogens with one attached hydrogen (secondary N) is 1. The van der Waals surface area contributed by atoms with E-state index in [4.69, 9.17) is 4.74 Å². The fourth-order valence-electron chi connectivity index (χ4n) is 1.88. The molecule has 1 unspecified atom stereocenters. The maximum atomic E-state index is 11.8. The van der Waals surface area contributed by atoms with Gasteiger partial charge in [0.25, 0.3) is 5.91 Å². The molecule has 5 nitrogen and oxygen atoms in total. The molecule has 0 radical (unpaired) electrons. The van der Waals surface area contributed by atoms with Crippen molar-refractivity contribution in [1.29, 1.82) is 0 Å². The molecule has 0 saturated carbocycles. The fraction of sp³-hybridized carbons (Fsp3) is 0.500. The van der Waals surface area contributed by atoms with Gasteiger partial charge in [0.15, 0.2) is 0 Å². The lowest BCUT2D eigenvalue weighted by atomic mass is 10.0. The Balaban J connectivity index is 1.87. The summed E-state index contributed by atoms with van der Waals surface area (Å²) in [4.78, 5) is 15.5. The number of rotatable bonds is 3. The van der Waals surface area contributed by atoms with Crippen LogP contribution < -0.4 is 5.32 Å². The van der Waals surface area contributed by atoms with Crippen LogP contribution in [0.15, 0.2) is 18.5 Å². The monoisotopic (exact) mass is 236 g/mol. The third kappa shape index (κ3) is 3.17. The number of nitrogens with zero attached hydrogens (tertiary/aromatic N) is 1. The lowest BCUT2D eigenvalue weighted by Crippen LogP contribution is -2.33. The van der Waals surface area contributed by atoms with Gasteiger partial charge in [-0.1, -0.05) is 0 Å². The number of hydrogen-bond donors (Lipinski definition) is 2. The summed E-state index contributed by atoms with van der Waals surface area (Å²) in [5, 5.41) is 12.3. The number of carbonyl (C=O) groups is 1. The van der Waals surface area contributed by atoms with Crippen LogP contribution in [0.25, 0.3) is 0 Å². The Bertz CT molecular complexity index is 389. The minimum atomic E-state index is -0.268. The van der Waals surface area contributed by atoms with Crippen molar-refractivity contribution in [2.45, 2.75) is 12.8 Å². The van der Waals surface area contributed by atoms with Crippen LogP contribution in [0.4, 0.5) is 0 Å². The van der Waals surface area contributed by atoms with Crippen molar-refractivity contribution in [3.8, 4) is 5.75 Å². The zero-order valence-corrected chi connectivity index (χ0v) is 9.56. The van der Waals surface area contributed by atoms with Gasteiger partial charge >= 0.3 is 0 Å². The molecule has 2 heterocycles. The van der Waals surface area contributed by atoms with Crippen molar-refractivity contribution in [1.82, 2.24) is 10.3 Å². The number of pyridine rings is 1. The first-order valence-corrected chi connectivity index (χ1v) is 5.76. The maximum absolute atomic E-state index is 11.8. The Kier molecular flexibility index (Phi) is 3.93. The van der Waals surface area contributed by atoms with Gasteiger partial charge in [-0.05, 0) is 24.8 Å². The third-order valence-corrected chi connectivity index (χ3v) is 2.85. The summed E-state index contributed by atoms with van der Waals surface area (Å²) in [7, 11) is 0. The van der Waals surface area contributed by atoms with E-state index in [0.29, 0.717) is 19.1 Å². The summed E-state index contributed by atoms with van der Waals surface area (Å²) < 4.78 is 5.33. The molecular formula is C12H16N2O3. The number of hydrogen-bond acceptors (Lipinski definition) is 4. The van der Waals surface area contributed by atoms with Gasteiger partial charge in [0, 0.05) is 19.3 Å². The second-order valence-electron chi connectivity index (χ2n) is 4.19. The molecular weight excluding hydrogens is 220 g/mol. The van der Waals surface area contributed by atoms with E-state index in [9.17, 15) is 9.90 Å². The molecule has 5 heteroatoms. The van der Waals surface area contributed by atoms with Crippen molar-refractivity contribution < 1.29 is 14.6 Å². The first kappa shape index (κ1) is 11.9. The van der Waals surface area contributed by atoms with Crippen LogP contribution in [-0.4, -0.2) is 35.8 Å². The van der Waals surface area contributed by atoms with E-state index in [-0.39, 0.29) is 17.2 Å². The number of aromatic hydroxyl groups is 1. The first-order valence-electron chi connectivity index (χ1n) is 5.76. The van der Waals surface area contributed by atoms with Crippen LogP contribution in [0.3, 0.4) is 0 Å². The van der Waals surface area contributed by atoms with Gasteiger partial charge in [0.2, 0.25) is 0 Å². The Morgan fingerprint density at radius 2 is 2.53 bits per heavy atom. The molecule has 0 aliphatic carbocycles. The van der Waals surface area contributed by atoms with E-state index in [0.717, 1.165) is 19.4 Å². The molecule has 0 aromatic carbocycles. The molecule has 2 rings (SSSR count). The smallest absolute Gasteiger partial charge is 0.255 e. The molecule has 17 heavy (non-hydrogen) atoms. The van der Waals surface area contributed by atoms with Gasteiger partial charge in [-0.15, -0.1) is 0 Å². The highest BCUT2D eigenvalue weighted by Gasteiger charge is 2.16. The summed E-state index contributed by atoms with van der Waals surface area (Å²) in [6.07, 6.45) is 4.86. The number of carbonyl (C=O) groups excluding carboxylic acids is 1. The van der Waals surface area contributed by atoms with Crippen molar-refractivity contribution in [2.24, 2.45) is 5.92 Å². The van der Waals surface area contributed by atoms with Gasteiger partial charge in [-0.25, -0.2) is 0 Å². The summed E-state index contributed by atoms with van der Waals surface area (Å²) >= 11 is 0. The van der Waals surface area contributed by atoms with Crippen LogP contribution in [0.5, 0.6) is 5.75 Å². The predicted octanol–water partition coefficient (Wildman–Crippen LogP) is 0.944. The highest BCUT2D eigenvalue weighted by molar-refractivity contribution is 5.96. The van der Waals surface area contributed by atoms with Crippen molar-refractivity contribution in [3.63, 3.8) is 0 Å². The molecule has 2 N–H and O–H groups in total. The van der Waals surface area contributed by atoms with Crippen LogP contribution in [0.2, 0.25) is 0 Å². The van der Waals surface area contributed by atoms with E-state index in [1.54, 1.807) is 0 Å². The summed E-state index contributed by atoms with van der Waals surface area (Å²) in [5.74, 6) is 0.0112. The van der Waals surface area contributed by atoms with Gasteiger partial charge in [0.05, 0.1) is 18.4 Å². The second kappa shape index (κ2) is 5.63. The molecule has 1 aliphatic heterocycles. The molecule has 1 saturated heterocycles. The fourth-order valence-corrected chi connectivity index (χ4v) is 1.88. The highest BCUT2D eigenvalue weighted by atomic mass is 16.5. The van der Waals surface area contributed by atoms with Crippen LogP contribution in [0, 0.1) is 5.92 Å². The zero-order valence-electron chi connectivity index (χ0n) is 9.56. The molecule has 1 amide bonds. The Hall–Kier alpha value is -1.62. The summed E-state index contributed by atoms with van der Waals surface area (Å²) in [5.41, 5.74) is 0.261. The molecule has 1 atom stereocenters. The topological polar surface area (TPSA) is 71.5 Å². The average molecular weight is 236 g/mol. The van der Waals surface area contributed by atoms with E-state index in [1.807, 2.05) is 0 Å². The summed E-state index contributed by atoms with van der Waals surface area (Å²) in [6, 6.07) is 1.50. The number of ether oxygens (including phenoxy) is 1. The maximum Gasteiger partial charge on any atom is 0.255 e. The average Bonchev–Trinajstić information content (AvgIpc) is 2.38. The quantitative estimate of drug-likeness (QED) is 0.819. The highest BCUT2D eigenvalue weighted by Crippen LogP contribution is 2.15. The Morgan fingerprint density at radius 3 is 3.24 bits per heavy atom. The molecule has 1 aromatic rings. The second-order valence-corrected chi connectivity index (χ2v) is 4.19. The van der Waals surface area contributed by atoms with Gasteiger partial charge in [-0.2, -0.15) is 0 Å². The summed E-state index contributed by atoms with van der Waals surface area (Å²) in [6.45, 7) is 2.10. The SMILES string of the molecule is O=C(NCC1CCCOC1)c1ccncc1O. The Labute approximate surface area is 99.8 Å². The van der Waals surface area contributed by atoms with Crippen molar-refractivity contribution >= 4 is 5.91 Å². The largest absolute Gasteiger partial charge is 0.505 e. The van der Waals surface area contributed by atoms with E-state index in [2.05, 4.69) is 10.3 Å². The predicted molar refractivity (Wildman–Crippen MR) is 61.8 cm³/mol. The molecule has 1 aliphatic rings. The van der Waals surface area contributed by atoms with Gasteiger partial charge < -0.3 is 15.2 Å². The van der Waals surface area contributed by atoms with Gasteiger partial charge in [-0.3, -0.25) is 9.78 Å². The van der Waals surface area contributed by atoms with Crippen LogP contribution in [-0.2, 0) is 4.74 Å². The van der Waals surface area contributed by atoms with Crippen LogP contribution in [0.1, 0.15) is 23.2 Å².